The molecule has 1 nitrogen and oxygen atoms in total. The molecule has 0 spiro atoms. The number of hydrogen-bond donors (Lipinski definition) is 0. The largest absolute Gasteiger partial charge is 0.310 e. The second-order valence-corrected chi connectivity index (χ2v) is 12.8. The van der Waals surface area contributed by atoms with E-state index in [0.717, 1.165) is 37.4 Å². The molecule has 55 heavy (non-hydrogen) atoms. The minimum Gasteiger partial charge on any atom is -0.310 e. The molecule has 1 heteroatoms. The average Bonchev–Trinajstić information content (AvgIpc) is 3.39. The van der Waals surface area contributed by atoms with Gasteiger partial charge in [-0.1, -0.05) is 176 Å². The first kappa shape index (κ1) is 19.2. The zero-order chi connectivity index (χ0) is 51.3. The van der Waals surface area contributed by atoms with Gasteiger partial charge in [-0.25, -0.2) is 0 Å². The van der Waals surface area contributed by atoms with Gasteiger partial charge in [0.2, 0.25) is 0 Å². The molecule has 0 fully saturated rings. The van der Waals surface area contributed by atoms with Crippen molar-refractivity contribution in [1.82, 2.24) is 0 Å². The molecule has 0 aliphatic rings. The predicted octanol–water partition coefficient (Wildman–Crippen LogP) is 15.3. The van der Waals surface area contributed by atoms with Crippen molar-refractivity contribution in [3.05, 3.63) is 224 Å². The molecule has 0 saturated carbocycles. The summed E-state index contributed by atoms with van der Waals surface area (Å²) in [4.78, 5) is 1.15. The molecular formula is C54H37N. The van der Waals surface area contributed by atoms with Gasteiger partial charge in [-0.15, -0.1) is 0 Å². The SMILES string of the molecule is [2H]c1c([2H])c([2H])c(-c2c([2H])c([2H])c(-c3c([2H])c([2H])c(N(c4cccc(-c5ccc6ccccc6c5)c4)c4c([2H])c([2H])c(-c5cc6ccccc6c6ccccc56)c([2H])c4[2H])c([2H])c3[2H])c([2H])c2[2H])c([2H])c1[2H]. The lowest BCUT2D eigenvalue weighted by atomic mass is 9.93. The second kappa shape index (κ2) is 14.0. The third-order valence-corrected chi connectivity index (χ3v) is 9.52. The molecule has 0 bridgehead atoms. The Labute approximate surface area is 345 Å². The normalized spacial score (nSPS) is 15.6. The van der Waals surface area contributed by atoms with Crippen LogP contribution in [-0.4, -0.2) is 0 Å². The van der Waals surface area contributed by atoms with Crippen LogP contribution in [0.3, 0.4) is 0 Å². The van der Waals surface area contributed by atoms with Gasteiger partial charge in [-0.05, 0) is 125 Å². The van der Waals surface area contributed by atoms with Gasteiger partial charge >= 0.3 is 0 Å². The average molecular weight is 717 g/mol. The molecule has 0 radical (unpaired) electrons. The zero-order valence-corrected chi connectivity index (χ0v) is 29.0. The van der Waals surface area contributed by atoms with Crippen molar-refractivity contribution in [2.24, 2.45) is 0 Å². The summed E-state index contributed by atoms with van der Waals surface area (Å²) in [5.41, 5.74) is -1.53. The van der Waals surface area contributed by atoms with E-state index in [1.165, 1.54) is 0 Å². The number of nitrogens with zero attached hydrogens (tertiary/aromatic N) is 1. The first-order chi connectivity index (χ1) is 34.3. The van der Waals surface area contributed by atoms with Gasteiger partial charge in [0.1, 0.15) is 0 Å². The maximum atomic E-state index is 9.72. The zero-order valence-electron chi connectivity index (χ0n) is 46.0. The lowest BCUT2D eigenvalue weighted by Crippen LogP contribution is -2.10. The van der Waals surface area contributed by atoms with E-state index in [0.29, 0.717) is 16.5 Å². The quantitative estimate of drug-likeness (QED) is 0.148. The Morgan fingerprint density at radius 1 is 0.291 bits per heavy atom. The number of benzene rings is 10. The maximum Gasteiger partial charge on any atom is 0.0645 e. The van der Waals surface area contributed by atoms with Crippen LogP contribution in [0.1, 0.15) is 23.3 Å². The van der Waals surface area contributed by atoms with Crippen LogP contribution in [0.5, 0.6) is 0 Å². The van der Waals surface area contributed by atoms with Crippen molar-refractivity contribution in [2.45, 2.75) is 0 Å². The predicted molar refractivity (Wildman–Crippen MR) is 235 cm³/mol. The van der Waals surface area contributed by atoms with E-state index in [9.17, 15) is 11.0 Å². The number of rotatable bonds is 7. The van der Waals surface area contributed by atoms with Crippen LogP contribution in [-0.2, 0) is 0 Å². The molecular weight excluding hydrogens is 663 g/mol. The summed E-state index contributed by atoms with van der Waals surface area (Å²) in [6.45, 7) is 0. The van der Waals surface area contributed by atoms with E-state index < -0.39 is 136 Å². The van der Waals surface area contributed by atoms with Gasteiger partial charge in [0.25, 0.3) is 0 Å². The highest BCUT2D eigenvalue weighted by Gasteiger charge is 2.16. The van der Waals surface area contributed by atoms with Gasteiger partial charge in [0.05, 0.1) is 23.3 Å². The van der Waals surface area contributed by atoms with Crippen molar-refractivity contribution in [1.29, 1.82) is 0 Å². The fourth-order valence-electron chi connectivity index (χ4n) is 6.86. The summed E-state index contributed by atoms with van der Waals surface area (Å²) in [6.07, 6.45) is 0. The first-order valence-corrected chi connectivity index (χ1v) is 17.5. The van der Waals surface area contributed by atoms with E-state index in [4.69, 9.17) is 12.3 Å². The molecule has 10 aromatic rings. The van der Waals surface area contributed by atoms with Crippen LogP contribution < -0.4 is 4.90 Å². The second-order valence-electron chi connectivity index (χ2n) is 12.8. The Kier molecular flexibility index (Phi) is 4.88. The lowest BCUT2D eigenvalue weighted by molar-refractivity contribution is 1.28. The van der Waals surface area contributed by atoms with Crippen LogP contribution in [0.2, 0.25) is 0 Å². The summed E-state index contributed by atoms with van der Waals surface area (Å²) in [5.74, 6) is 0. The van der Waals surface area contributed by atoms with Crippen LogP contribution in [0.4, 0.5) is 17.1 Å². The minimum atomic E-state index is -0.873. The molecule has 10 rings (SSSR count). The number of fused-ring (bicyclic) bond motifs is 4. The number of anilines is 3. The Hall–Kier alpha value is -7.22. The maximum absolute atomic E-state index is 9.72. The third-order valence-electron chi connectivity index (χ3n) is 9.52. The van der Waals surface area contributed by atoms with Crippen LogP contribution in [0, 0.1) is 0 Å². The van der Waals surface area contributed by atoms with Gasteiger partial charge in [0.15, 0.2) is 0 Å². The Morgan fingerprint density at radius 3 is 1.51 bits per heavy atom. The summed E-state index contributed by atoms with van der Waals surface area (Å²) in [5, 5.41) is 5.14. The minimum absolute atomic E-state index is 0.00845. The van der Waals surface area contributed by atoms with E-state index >= 15 is 0 Å². The van der Waals surface area contributed by atoms with Gasteiger partial charge in [-0.3, -0.25) is 0 Å². The fraction of sp³-hybridized carbons (Fsp3) is 0. The summed E-state index contributed by atoms with van der Waals surface area (Å²) >= 11 is 0. The van der Waals surface area contributed by atoms with Crippen molar-refractivity contribution in [3.8, 4) is 44.5 Å². The van der Waals surface area contributed by atoms with Gasteiger partial charge in [-0.2, -0.15) is 0 Å². The van der Waals surface area contributed by atoms with Crippen LogP contribution in [0.15, 0.2) is 224 Å². The molecule has 0 amide bonds. The molecule has 0 atom stereocenters. The Balaban J connectivity index is 1.23. The summed E-state index contributed by atoms with van der Waals surface area (Å²) < 4.78 is 154. The molecule has 0 saturated heterocycles. The summed E-state index contributed by atoms with van der Waals surface area (Å²) in [7, 11) is 0. The standard InChI is InChI=1S/C54H37N/c1-2-11-38(12-3-1)40-21-23-41(24-22-40)42-27-31-48(32-28-42)55(50-17-10-16-45(36-50)46-26-25-39-13-4-5-14-44(39)35-46)49-33-29-43(30-34-49)54-37-47-15-6-7-18-51(47)52-19-8-9-20-53(52)54/h1-37H/i1D,2D,3D,11D,12D,21D,22D,23D,24D,27D,28D,29D,30D,31D,32D,33D,34D. The molecule has 258 valence electrons. The summed E-state index contributed by atoms with van der Waals surface area (Å²) in [6, 6.07) is 24.5. The third kappa shape index (κ3) is 6.22. The first-order valence-electron chi connectivity index (χ1n) is 26.0. The highest BCUT2D eigenvalue weighted by atomic mass is 15.1. The Bertz CT molecular complexity index is 3870. The van der Waals surface area contributed by atoms with Gasteiger partial charge < -0.3 is 4.90 Å². The smallest absolute Gasteiger partial charge is 0.0645 e. The van der Waals surface area contributed by atoms with Crippen molar-refractivity contribution in [2.75, 3.05) is 4.90 Å². The molecule has 0 aliphatic carbocycles. The van der Waals surface area contributed by atoms with Crippen LogP contribution in [0.25, 0.3) is 76.8 Å². The highest BCUT2D eigenvalue weighted by Crippen LogP contribution is 2.40. The molecule has 0 unspecified atom stereocenters. The van der Waals surface area contributed by atoms with E-state index in [1.54, 1.807) is 18.2 Å². The number of hydrogen-bond acceptors (Lipinski definition) is 1. The fourth-order valence-corrected chi connectivity index (χ4v) is 6.86. The molecule has 10 aromatic carbocycles. The monoisotopic (exact) mass is 716 g/mol. The molecule has 0 N–H and O–H groups in total. The topological polar surface area (TPSA) is 3.24 Å². The lowest BCUT2D eigenvalue weighted by Gasteiger charge is -2.26. The van der Waals surface area contributed by atoms with Crippen molar-refractivity contribution < 1.29 is 23.3 Å². The highest BCUT2D eigenvalue weighted by molar-refractivity contribution is 6.13. The van der Waals surface area contributed by atoms with Crippen molar-refractivity contribution in [3.63, 3.8) is 0 Å². The molecule has 0 aromatic heterocycles. The van der Waals surface area contributed by atoms with Crippen molar-refractivity contribution >= 4 is 49.4 Å². The molecule has 0 heterocycles. The van der Waals surface area contributed by atoms with Crippen LogP contribution >= 0.6 is 0 Å². The molecule has 0 aliphatic heterocycles. The van der Waals surface area contributed by atoms with E-state index in [2.05, 4.69) is 0 Å². The Morgan fingerprint density at radius 2 is 0.818 bits per heavy atom. The van der Waals surface area contributed by atoms with E-state index in [-0.39, 0.29) is 11.3 Å². The van der Waals surface area contributed by atoms with Gasteiger partial charge in [0, 0.05) is 17.1 Å². The van der Waals surface area contributed by atoms with E-state index in [1.807, 2.05) is 103 Å².